The van der Waals surface area contributed by atoms with Crippen LogP contribution in [0.3, 0.4) is 0 Å². The second-order valence-corrected chi connectivity index (χ2v) is 8.85. The molecule has 30 heavy (non-hydrogen) atoms. The topological polar surface area (TPSA) is 97.8 Å². The van der Waals surface area contributed by atoms with E-state index >= 15 is 0 Å². The van der Waals surface area contributed by atoms with E-state index in [4.69, 9.17) is 22.3 Å². The van der Waals surface area contributed by atoms with Crippen LogP contribution < -0.4 is 16.2 Å². The predicted octanol–water partition coefficient (Wildman–Crippen LogP) is 2.54. The molecule has 2 aliphatic heterocycles. The minimum atomic E-state index is -0.0894. The zero-order chi connectivity index (χ0) is 20.7. The molecule has 0 amide bonds. The summed E-state index contributed by atoms with van der Waals surface area (Å²) in [5.74, 6) is 0.690. The monoisotopic (exact) mass is 423 g/mol. The Morgan fingerprint density at radius 2 is 2.07 bits per heavy atom. The first-order valence-electron chi connectivity index (χ1n) is 10.2. The van der Waals surface area contributed by atoms with Gasteiger partial charge < -0.3 is 15.6 Å². The number of rotatable bonds is 2. The van der Waals surface area contributed by atoms with E-state index in [1.54, 1.807) is 16.3 Å². The van der Waals surface area contributed by atoms with Crippen molar-refractivity contribution in [2.75, 3.05) is 4.90 Å². The number of hydrogen-bond acceptors (Lipinski definition) is 5. The Morgan fingerprint density at radius 1 is 1.23 bits per heavy atom. The molecule has 154 valence electrons. The lowest BCUT2D eigenvalue weighted by Gasteiger charge is -2.25. The number of hydrogen-bond donors (Lipinski definition) is 2. The molecule has 0 saturated carbocycles. The highest BCUT2D eigenvalue weighted by Crippen LogP contribution is 2.40. The first-order valence-corrected chi connectivity index (χ1v) is 10.6. The molecule has 2 fully saturated rings. The van der Waals surface area contributed by atoms with E-state index in [0.717, 1.165) is 41.3 Å². The van der Waals surface area contributed by atoms with Gasteiger partial charge in [-0.1, -0.05) is 17.7 Å². The predicted molar refractivity (Wildman–Crippen MR) is 118 cm³/mol. The van der Waals surface area contributed by atoms with Crippen molar-refractivity contribution >= 4 is 39.5 Å². The van der Waals surface area contributed by atoms with Crippen LogP contribution in [0.5, 0.6) is 0 Å². The summed E-state index contributed by atoms with van der Waals surface area (Å²) in [6.07, 6.45) is 6.81. The third-order valence-corrected chi connectivity index (χ3v) is 7.14. The van der Waals surface area contributed by atoms with Crippen molar-refractivity contribution in [2.45, 2.75) is 37.4 Å². The lowest BCUT2D eigenvalue weighted by atomic mass is 9.97. The fourth-order valence-electron chi connectivity index (χ4n) is 5.33. The summed E-state index contributed by atoms with van der Waals surface area (Å²) in [6.45, 7) is 0. The van der Waals surface area contributed by atoms with Crippen molar-refractivity contribution in [1.82, 2.24) is 24.3 Å². The Hall–Kier alpha value is -2.84. The highest BCUT2D eigenvalue weighted by Gasteiger charge is 2.46. The van der Waals surface area contributed by atoms with Crippen molar-refractivity contribution in [3.05, 3.63) is 39.9 Å². The zero-order valence-electron chi connectivity index (χ0n) is 16.8. The van der Waals surface area contributed by atoms with Crippen LogP contribution in [-0.2, 0) is 14.1 Å². The molecule has 4 aromatic rings. The van der Waals surface area contributed by atoms with Crippen molar-refractivity contribution < 1.29 is 0 Å². The zero-order valence-corrected chi connectivity index (χ0v) is 17.5. The summed E-state index contributed by atoms with van der Waals surface area (Å²) >= 11 is 6.72. The lowest BCUT2D eigenvalue weighted by Crippen LogP contribution is -2.40. The molecule has 0 radical (unpaired) electrons. The molecule has 3 N–H and O–H groups in total. The van der Waals surface area contributed by atoms with Gasteiger partial charge in [0.2, 0.25) is 5.95 Å². The maximum absolute atomic E-state index is 13.4. The molecule has 0 spiro atoms. The molecule has 6 rings (SSSR count). The summed E-state index contributed by atoms with van der Waals surface area (Å²) in [6, 6.07) is 4.58. The highest BCUT2D eigenvalue weighted by molar-refractivity contribution is 6.38. The van der Waals surface area contributed by atoms with Gasteiger partial charge in [-0.15, -0.1) is 0 Å². The van der Waals surface area contributed by atoms with E-state index < -0.39 is 0 Å². The molecule has 1 aromatic carbocycles. The number of nitrogens with zero attached hydrogens (tertiary/aromatic N) is 5. The molecule has 9 heteroatoms. The van der Waals surface area contributed by atoms with Crippen LogP contribution in [-0.4, -0.2) is 42.4 Å². The van der Waals surface area contributed by atoms with Crippen LogP contribution in [0.2, 0.25) is 5.02 Å². The first-order chi connectivity index (χ1) is 14.4. The van der Waals surface area contributed by atoms with Gasteiger partial charge in [-0.25, -0.2) is 0 Å². The summed E-state index contributed by atoms with van der Waals surface area (Å²) in [4.78, 5) is 23.7. The van der Waals surface area contributed by atoms with Gasteiger partial charge in [0.1, 0.15) is 5.65 Å². The maximum Gasteiger partial charge on any atom is 0.264 e. The van der Waals surface area contributed by atoms with Gasteiger partial charge in [0.15, 0.2) is 0 Å². The lowest BCUT2D eigenvalue weighted by molar-refractivity contribution is 0.503. The quantitative estimate of drug-likeness (QED) is 0.516. The number of fused-ring (bicyclic) bond motifs is 4. The van der Waals surface area contributed by atoms with Gasteiger partial charge >= 0.3 is 0 Å². The Morgan fingerprint density at radius 3 is 2.80 bits per heavy atom. The van der Waals surface area contributed by atoms with Crippen LogP contribution in [0.1, 0.15) is 19.3 Å². The number of aromatic amines is 1. The largest absolute Gasteiger partial charge is 0.345 e. The van der Waals surface area contributed by atoms with Crippen LogP contribution in [0.4, 0.5) is 5.95 Å². The smallest absolute Gasteiger partial charge is 0.264 e. The van der Waals surface area contributed by atoms with Gasteiger partial charge in [0.05, 0.1) is 15.9 Å². The van der Waals surface area contributed by atoms with Gasteiger partial charge in [0.25, 0.3) is 5.56 Å². The summed E-state index contributed by atoms with van der Waals surface area (Å²) in [5, 5.41) is 6.38. The fraction of sp³-hybridized carbons (Fsp3) is 0.381. The SMILES string of the molecule is Cn1cc2c(Cl)c(-c3c[nH]c4nc(N5[C@H]6CC[C@@H]5[C@H](N)C6)n(C)c(=O)c34)ccc2n1. The second-order valence-electron chi connectivity index (χ2n) is 8.47. The standard InChI is InChI=1S/C21H22ClN7O/c1-27-9-13-15(26-27)5-4-11(18(13)22)12-8-24-19-17(12)20(30)28(2)21(25-19)29-10-3-6-16(29)14(23)7-10/h4-5,8-10,14,16,24H,3,6-7,23H2,1-2H3/t10-,14+,16+/m0/s1. The van der Waals surface area contributed by atoms with Gasteiger partial charge in [0, 0.05) is 61.1 Å². The molecule has 0 unspecified atom stereocenters. The highest BCUT2D eigenvalue weighted by atomic mass is 35.5. The second kappa shape index (κ2) is 6.09. The number of aryl methyl sites for hydroxylation is 1. The summed E-state index contributed by atoms with van der Waals surface area (Å²) in [5.41, 5.74) is 9.15. The van der Waals surface area contributed by atoms with Gasteiger partial charge in [-0.2, -0.15) is 10.1 Å². The molecule has 2 bridgehead atoms. The summed E-state index contributed by atoms with van der Waals surface area (Å²) in [7, 11) is 3.65. The molecule has 2 aliphatic rings. The Bertz CT molecular complexity index is 1380. The van der Waals surface area contributed by atoms with Crippen molar-refractivity contribution in [1.29, 1.82) is 0 Å². The van der Waals surface area contributed by atoms with E-state index in [2.05, 4.69) is 15.0 Å². The van der Waals surface area contributed by atoms with E-state index in [1.807, 2.05) is 31.6 Å². The van der Waals surface area contributed by atoms with Crippen LogP contribution in [0.25, 0.3) is 33.1 Å². The maximum atomic E-state index is 13.4. The minimum Gasteiger partial charge on any atom is -0.345 e. The van der Waals surface area contributed by atoms with Crippen LogP contribution >= 0.6 is 11.6 Å². The van der Waals surface area contributed by atoms with E-state index in [1.165, 1.54) is 0 Å². The number of nitrogens with two attached hydrogens (primary N) is 1. The van der Waals surface area contributed by atoms with Crippen molar-refractivity contribution in [2.24, 2.45) is 19.8 Å². The minimum absolute atomic E-state index is 0.0894. The molecule has 3 atom stereocenters. The number of aromatic nitrogens is 5. The Balaban J connectivity index is 1.55. The number of nitrogens with one attached hydrogen (secondary N) is 1. The van der Waals surface area contributed by atoms with Crippen molar-refractivity contribution in [3.63, 3.8) is 0 Å². The Labute approximate surface area is 177 Å². The number of halogens is 1. The molecule has 3 aromatic heterocycles. The van der Waals surface area contributed by atoms with Gasteiger partial charge in [-0.05, 0) is 25.3 Å². The van der Waals surface area contributed by atoms with Crippen LogP contribution in [0, 0.1) is 0 Å². The van der Waals surface area contributed by atoms with E-state index in [9.17, 15) is 4.79 Å². The van der Waals surface area contributed by atoms with E-state index in [-0.39, 0.29) is 17.6 Å². The average molecular weight is 424 g/mol. The normalized spacial score (nSPS) is 23.3. The number of anilines is 1. The third kappa shape index (κ3) is 2.29. The molecular formula is C21H22ClN7O. The molecule has 0 aliphatic carbocycles. The Kier molecular flexibility index (Phi) is 3.65. The molecule has 8 nitrogen and oxygen atoms in total. The third-order valence-electron chi connectivity index (χ3n) is 6.73. The van der Waals surface area contributed by atoms with Crippen LogP contribution in [0.15, 0.2) is 29.3 Å². The van der Waals surface area contributed by atoms with E-state index in [0.29, 0.717) is 28.0 Å². The van der Waals surface area contributed by atoms with Gasteiger partial charge in [-0.3, -0.25) is 14.0 Å². The average Bonchev–Trinajstić information content (AvgIpc) is 3.46. The first kappa shape index (κ1) is 18.0. The van der Waals surface area contributed by atoms with Crippen molar-refractivity contribution in [3.8, 4) is 11.1 Å². The molecular weight excluding hydrogens is 402 g/mol. The number of benzene rings is 1. The number of H-pyrrole nitrogens is 1. The fourth-order valence-corrected chi connectivity index (χ4v) is 5.64. The summed E-state index contributed by atoms with van der Waals surface area (Å²) < 4.78 is 3.39. The molecule has 5 heterocycles. The molecule has 2 saturated heterocycles.